The van der Waals surface area contributed by atoms with Crippen LogP contribution in [0.4, 0.5) is 5.69 Å². The lowest BCUT2D eigenvalue weighted by atomic mass is 10.0. The molecule has 0 bridgehead atoms. The van der Waals surface area contributed by atoms with Crippen molar-refractivity contribution in [3.63, 3.8) is 0 Å². The summed E-state index contributed by atoms with van der Waals surface area (Å²) in [5.74, 6) is 2.20. The lowest BCUT2D eigenvalue weighted by molar-refractivity contribution is 0.306. The molecular weight excluding hydrogens is 485 g/mol. The van der Waals surface area contributed by atoms with Crippen molar-refractivity contribution in [2.24, 2.45) is 0 Å². The number of rotatable bonds is 10. The van der Waals surface area contributed by atoms with E-state index in [1.165, 1.54) is 11.8 Å². The minimum atomic E-state index is -0.117. The molecule has 1 aromatic heterocycles. The molecule has 0 radical (unpaired) electrons. The first-order chi connectivity index (χ1) is 17.0. The number of halogens is 2. The number of aryl methyl sites for hydroxylation is 1. The van der Waals surface area contributed by atoms with Gasteiger partial charge in [-0.3, -0.25) is 4.79 Å². The molecule has 0 aliphatic rings. The normalized spacial score (nSPS) is 11.0. The topological polar surface area (TPSA) is 51.9 Å². The summed E-state index contributed by atoms with van der Waals surface area (Å²) in [6, 6.07) is 19.0. The van der Waals surface area contributed by atoms with Gasteiger partial charge in [-0.05, 0) is 42.3 Å². The second-order valence-electron chi connectivity index (χ2n) is 8.16. The molecule has 3 aromatic carbocycles. The van der Waals surface area contributed by atoms with Crippen LogP contribution in [0.2, 0.25) is 0 Å². The van der Waals surface area contributed by atoms with Gasteiger partial charge in [0.15, 0.2) is 5.43 Å². The van der Waals surface area contributed by atoms with Crippen molar-refractivity contribution >= 4 is 39.9 Å². The molecule has 4 aromatic rings. The summed E-state index contributed by atoms with van der Waals surface area (Å²) >= 11 is 12.0. The van der Waals surface area contributed by atoms with E-state index in [-0.39, 0.29) is 5.43 Å². The van der Waals surface area contributed by atoms with Crippen molar-refractivity contribution in [3.8, 4) is 22.6 Å². The maximum Gasteiger partial charge on any atom is 0.200 e. The van der Waals surface area contributed by atoms with Gasteiger partial charge in [-0.15, -0.1) is 23.2 Å². The molecule has 7 heteroatoms. The summed E-state index contributed by atoms with van der Waals surface area (Å²) < 4.78 is 17.3. The van der Waals surface area contributed by atoms with Crippen LogP contribution >= 0.6 is 23.2 Å². The average Bonchev–Trinajstić information content (AvgIpc) is 2.88. The number of methoxy groups -OCH3 is 1. The largest absolute Gasteiger partial charge is 0.495 e. The van der Waals surface area contributed by atoms with Crippen molar-refractivity contribution in [3.05, 3.63) is 88.3 Å². The fraction of sp³-hybridized carbons (Fsp3) is 0.250. The number of anilines is 1. The third-order valence-electron chi connectivity index (χ3n) is 5.81. The lowest BCUT2D eigenvalue weighted by Gasteiger charge is -2.25. The molecule has 0 aliphatic heterocycles. The highest BCUT2D eigenvalue weighted by Gasteiger charge is 2.16. The molecule has 0 saturated heterocycles. The smallest absolute Gasteiger partial charge is 0.200 e. The molecule has 182 valence electrons. The van der Waals surface area contributed by atoms with Gasteiger partial charge in [0.1, 0.15) is 30.0 Å². The van der Waals surface area contributed by atoms with Gasteiger partial charge in [-0.2, -0.15) is 0 Å². The molecule has 0 spiro atoms. The van der Waals surface area contributed by atoms with Gasteiger partial charge in [-0.1, -0.05) is 35.9 Å². The number of hydrogen-bond donors (Lipinski definition) is 0. The van der Waals surface area contributed by atoms with Crippen molar-refractivity contribution < 1.29 is 13.9 Å². The molecule has 1 heterocycles. The van der Waals surface area contributed by atoms with Crippen molar-refractivity contribution in [2.75, 3.05) is 36.9 Å². The molecule has 0 atom stereocenters. The first kappa shape index (κ1) is 25.0. The predicted octanol–water partition coefficient (Wildman–Crippen LogP) is 6.64. The van der Waals surface area contributed by atoms with Gasteiger partial charge < -0.3 is 18.8 Å². The monoisotopic (exact) mass is 511 g/mol. The van der Waals surface area contributed by atoms with E-state index in [4.69, 9.17) is 37.1 Å². The average molecular weight is 512 g/mol. The molecule has 4 rings (SSSR count). The third-order valence-corrected chi connectivity index (χ3v) is 6.15. The van der Waals surface area contributed by atoms with Crippen molar-refractivity contribution in [2.45, 2.75) is 13.5 Å². The van der Waals surface area contributed by atoms with Gasteiger partial charge >= 0.3 is 0 Å². The van der Waals surface area contributed by atoms with E-state index >= 15 is 0 Å². The van der Waals surface area contributed by atoms with Gasteiger partial charge in [0.25, 0.3) is 0 Å². The Labute approximate surface area is 214 Å². The Hall–Kier alpha value is -3.15. The van der Waals surface area contributed by atoms with Crippen LogP contribution in [-0.4, -0.2) is 32.0 Å². The van der Waals surface area contributed by atoms with E-state index in [9.17, 15) is 4.79 Å². The lowest BCUT2D eigenvalue weighted by Crippen LogP contribution is -2.28. The highest BCUT2D eigenvalue weighted by atomic mass is 35.5. The quantitative estimate of drug-likeness (QED) is 0.223. The van der Waals surface area contributed by atoms with Crippen LogP contribution in [0.1, 0.15) is 11.1 Å². The molecule has 0 saturated carbocycles. The Morgan fingerprint density at radius 1 is 0.943 bits per heavy atom. The molecule has 35 heavy (non-hydrogen) atoms. The second-order valence-corrected chi connectivity index (χ2v) is 8.92. The molecular formula is C28H27Cl2NO4. The predicted molar refractivity (Wildman–Crippen MR) is 144 cm³/mol. The molecule has 5 nitrogen and oxygen atoms in total. The van der Waals surface area contributed by atoms with Crippen LogP contribution in [0.25, 0.3) is 22.1 Å². The Bertz CT molecular complexity index is 1350. The van der Waals surface area contributed by atoms with E-state index in [2.05, 4.69) is 12.1 Å². The zero-order valence-corrected chi connectivity index (χ0v) is 21.2. The minimum absolute atomic E-state index is 0.117. The van der Waals surface area contributed by atoms with E-state index in [1.54, 1.807) is 25.3 Å². The number of alkyl halides is 2. The molecule has 0 unspecified atom stereocenters. The summed E-state index contributed by atoms with van der Waals surface area (Å²) in [4.78, 5) is 15.4. The van der Waals surface area contributed by atoms with Crippen LogP contribution in [0.5, 0.6) is 11.5 Å². The van der Waals surface area contributed by atoms with E-state index in [1.807, 2.05) is 42.2 Å². The van der Waals surface area contributed by atoms with E-state index in [0.29, 0.717) is 59.5 Å². The summed E-state index contributed by atoms with van der Waals surface area (Å²) in [6.07, 6.45) is 1.49. The Morgan fingerprint density at radius 2 is 1.69 bits per heavy atom. The van der Waals surface area contributed by atoms with Gasteiger partial charge in [0.05, 0.1) is 23.7 Å². The number of benzene rings is 3. The highest BCUT2D eigenvalue weighted by Crippen LogP contribution is 2.33. The number of nitrogens with zero attached hydrogens (tertiary/aromatic N) is 1. The maximum atomic E-state index is 13.4. The fourth-order valence-electron chi connectivity index (χ4n) is 3.91. The molecule has 0 fully saturated rings. The summed E-state index contributed by atoms with van der Waals surface area (Å²) in [7, 11) is 1.61. The Balaban J connectivity index is 1.64. The summed E-state index contributed by atoms with van der Waals surface area (Å²) in [6.45, 7) is 3.69. The zero-order chi connectivity index (χ0) is 24.8. The van der Waals surface area contributed by atoms with Gasteiger partial charge in [0, 0.05) is 30.9 Å². The summed E-state index contributed by atoms with van der Waals surface area (Å²) in [5.41, 5.74) is 4.64. The zero-order valence-electron chi connectivity index (χ0n) is 19.7. The maximum absolute atomic E-state index is 13.4. The Morgan fingerprint density at radius 3 is 2.37 bits per heavy atom. The van der Waals surface area contributed by atoms with Gasteiger partial charge in [-0.25, -0.2) is 0 Å². The number of ether oxygens (including phenoxy) is 2. The minimum Gasteiger partial charge on any atom is -0.495 e. The van der Waals surface area contributed by atoms with Crippen LogP contribution in [-0.2, 0) is 6.61 Å². The standard InChI is InChI=1S/C28H27Cl2NO4/c1-19-3-5-20(6-4-19)17-34-22-8-9-23-27(16-22)35-18-24(28(23)32)21-7-10-26(33-2)25(15-21)31(13-11-29)14-12-30/h3-10,15-16,18H,11-14,17H2,1-2H3. The fourth-order valence-corrected chi connectivity index (χ4v) is 4.32. The molecule has 0 amide bonds. The van der Waals surface area contributed by atoms with E-state index < -0.39 is 0 Å². The molecule has 0 N–H and O–H groups in total. The number of hydrogen-bond acceptors (Lipinski definition) is 5. The van der Waals surface area contributed by atoms with Crippen molar-refractivity contribution in [1.29, 1.82) is 0 Å². The Kier molecular flexibility index (Phi) is 8.21. The van der Waals surface area contributed by atoms with Crippen LogP contribution < -0.4 is 19.8 Å². The second kappa shape index (κ2) is 11.5. The third kappa shape index (κ3) is 5.75. The van der Waals surface area contributed by atoms with Gasteiger partial charge in [0.2, 0.25) is 0 Å². The van der Waals surface area contributed by atoms with Crippen molar-refractivity contribution in [1.82, 2.24) is 0 Å². The van der Waals surface area contributed by atoms with Crippen LogP contribution in [0, 0.1) is 6.92 Å². The summed E-state index contributed by atoms with van der Waals surface area (Å²) in [5, 5.41) is 0.487. The van der Waals surface area contributed by atoms with E-state index in [0.717, 1.165) is 16.8 Å². The first-order valence-electron chi connectivity index (χ1n) is 11.3. The first-order valence-corrected chi connectivity index (χ1v) is 12.4. The van der Waals surface area contributed by atoms with Crippen LogP contribution in [0.3, 0.4) is 0 Å². The SMILES string of the molecule is COc1ccc(-c2coc3cc(OCc4ccc(C)cc4)ccc3c2=O)cc1N(CCCl)CCCl. The van der Waals surface area contributed by atoms with Crippen LogP contribution in [0.15, 0.2) is 76.1 Å². The molecule has 0 aliphatic carbocycles. The highest BCUT2D eigenvalue weighted by molar-refractivity contribution is 6.18. The number of fused-ring (bicyclic) bond motifs is 1.